The number of nitrogen functional groups attached to an aromatic ring is 1. The lowest BCUT2D eigenvalue weighted by atomic mass is 10.2. The normalized spacial score (nSPS) is 13.2. The van der Waals surface area contributed by atoms with Gasteiger partial charge in [0.1, 0.15) is 0 Å². The molecule has 0 amide bonds. The summed E-state index contributed by atoms with van der Waals surface area (Å²) in [6, 6.07) is 12.4. The van der Waals surface area contributed by atoms with Crippen molar-refractivity contribution in [2.45, 2.75) is 44.7 Å². The molecule has 130 valence electrons. The third-order valence-electron chi connectivity index (χ3n) is 4.23. The van der Waals surface area contributed by atoms with E-state index in [9.17, 15) is 8.42 Å². The highest BCUT2D eigenvalue weighted by Gasteiger charge is 2.29. The first kappa shape index (κ1) is 18.8. The Labute approximate surface area is 149 Å². The van der Waals surface area contributed by atoms with Crippen molar-refractivity contribution >= 4 is 27.3 Å². The van der Waals surface area contributed by atoms with Crippen LogP contribution in [0.15, 0.2) is 47.4 Å². The summed E-state index contributed by atoms with van der Waals surface area (Å²) in [6.45, 7) is 5.95. The van der Waals surface area contributed by atoms with Gasteiger partial charge in [-0.25, -0.2) is 8.42 Å². The maximum Gasteiger partial charge on any atom is 0.243 e. The number of anilines is 1. The molecule has 2 aromatic rings. The van der Waals surface area contributed by atoms with E-state index < -0.39 is 10.0 Å². The predicted octanol–water partition coefficient (Wildman–Crippen LogP) is 4.22. The summed E-state index contributed by atoms with van der Waals surface area (Å²) >= 11 is 6.14. The van der Waals surface area contributed by atoms with Crippen LogP contribution in [0, 0.1) is 6.92 Å². The number of hydrogen-bond donors (Lipinski definition) is 1. The third-order valence-corrected chi connectivity index (χ3v) is 6.56. The van der Waals surface area contributed by atoms with Crippen molar-refractivity contribution in [1.82, 2.24) is 4.31 Å². The van der Waals surface area contributed by atoms with Crippen molar-refractivity contribution in [1.29, 1.82) is 0 Å². The topological polar surface area (TPSA) is 63.4 Å². The Hall–Kier alpha value is -1.56. The molecule has 0 radical (unpaired) electrons. The monoisotopic (exact) mass is 366 g/mol. The maximum absolute atomic E-state index is 13.2. The molecule has 0 spiro atoms. The van der Waals surface area contributed by atoms with E-state index >= 15 is 0 Å². The molecule has 0 saturated carbocycles. The summed E-state index contributed by atoms with van der Waals surface area (Å²) in [4.78, 5) is 0.131. The van der Waals surface area contributed by atoms with Crippen LogP contribution in [0.4, 0.5) is 5.69 Å². The molecule has 0 aliphatic rings. The van der Waals surface area contributed by atoms with Gasteiger partial charge in [0.05, 0.1) is 4.90 Å². The maximum atomic E-state index is 13.2. The van der Waals surface area contributed by atoms with Crippen LogP contribution < -0.4 is 5.73 Å². The number of hydrogen-bond acceptors (Lipinski definition) is 3. The van der Waals surface area contributed by atoms with Crippen LogP contribution in [0.1, 0.15) is 31.4 Å². The lowest BCUT2D eigenvalue weighted by Crippen LogP contribution is -2.37. The van der Waals surface area contributed by atoms with Gasteiger partial charge in [-0.3, -0.25) is 0 Å². The molecule has 0 aliphatic heterocycles. The van der Waals surface area contributed by atoms with Gasteiger partial charge in [0, 0.05) is 23.3 Å². The molecule has 0 bridgehead atoms. The zero-order valence-electron chi connectivity index (χ0n) is 14.2. The van der Waals surface area contributed by atoms with Crippen LogP contribution >= 0.6 is 11.6 Å². The van der Waals surface area contributed by atoms with E-state index in [4.69, 9.17) is 17.3 Å². The molecule has 4 nitrogen and oxygen atoms in total. The molecular formula is C18H23ClN2O2S. The predicted molar refractivity (Wildman–Crippen MR) is 99.5 cm³/mol. The van der Waals surface area contributed by atoms with Crippen molar-refractivity contribution in [2.24, 2.45) is 0 Å². The molecular weight excluding hydrogens is 344 g/mol. The number of sulfonamides is 1. The highest BCUT2D eigenvalue weighted by Crippen LogP contribution is 2.29. The Kier molecular flexibility index (Phi) is 5.91. The number of benzene rings is 2. The summed E-state index contributed by atoms with van der Waals surface area (Å²) in [5.74, 6) is 0. The number of rotatable bonds is 6. The van der Waals surface area contributed by atoms with E-state index in [0.29, 0.717) is 29.2 Å². The van der Waals surface area contributed by atoms with Crippen molar-refractivity contribution in [2.75, 3.05) is 5.73 Å². The van der Waals surface area contributed by atoms with Crippen molar-refractivity contribution in [3.05, 3.63) is 58.6 Å². The van der Waals surface area contributed by atoms with E-state index in [0.717, 1.165) is 5.56 Å². The zero-order valence-corrected chi connectivity index (χ0v) is 15.7. The van der Waals surface area contributed by atoms with Crippen LogP contribution in [0.5, 0.6) is 0 Å². The Morgan fingerprint density at radius 3 is 2.38 bits per heavy atom. The lowest BCUT2D eigenvalue weighted by molar-refractivity contribution is 0.323. The second kappa shape index (κ2) is 7.55. The minimum Gasteiger partial charge on any atom is -0.398 e. The van der Waals surface area contributed by atoms with E-state index in [1.165, 1.54) is 16.4 Å². The molecule has 0 saturated heterocycles. The van der Waals surface area contributed by atoms with Crippen LogP contribution in [0.25, 0.3) is 0 Å². The Balaban J connectivity index is 2.48. The average molecular weight is 367 g/mol. The Morgan fingerprint density at radius 2 is 1.83 bits per heavy atom. The van der Waals surface area contributed by atoms with Crippen molar-refractivity contribution < 1.29 is 8.42 Å². The SMILES string of the molecule is CCC(C)N(Cc1ccccc1)S(=O)(=O)c1cc(N)c(C)c(Cl)c1. The first-order valence-corrected chi connectivity index (χ1v) is 9.70. The van der Waals surface area contributed by atoms with Crippen molar-refractivity contribution in [3.63, 3.8) is 0 Å². The summed E-state index contributed by atoms with van der Waals surface area (Å²) in [5.41, 5.74) is 7.92. The van der Waals surface area contributed by atoms with Gasteiger partial charge in [-0.05, 0) is 43.5 Å². The van der Waals surface area contributed by atoms with Crippen LogP contribution in [-0.2, 0) is 16.6 Å². The molecule has 0 heterocycles. The first-order valence-electron chi connectivity index (χ1n) is 7.88. The number of nitrogens with two attached hydrogens (primary N) is 1. The second-order valence-electron chi connectivity index (χ2n) is 5.91. The first-order chi connectivity index (χ1) is 11.3. The molecule has 0 fully saturated rings. The second-order valence-corrected chi connectivity index (χ2v) is 8.21. The summed E-state index contributed by atoms with van der Waals surface area (Å²) in [5, 5.41) is 0.359. The van der Waals surface area contributed by atoms with Crippen molar-refractivity contribution in [3.8, 4) is 0 Å². The third kappa shape index (κ3) is 3.91. The van der Waals surface area contributed by atoms with E-state index in [-0.39, 0.29) is 10.9 Å². The van der Waals surface area contributed by atoms with Crippen LogP contribution in [-0.4, -0.2) is 18.8 Å². The van der Waals surface area contributed by atoms with E-state index in [1.807, 2.05) is 44.2 Å². The largest absolute Gasteiger partial charge is 0.398 e. The van der Waals surface area contributed by atoms with Gasteiger partial charge >= 0.3 is 0 Å². The van der Waals surface area contributed by atoms with Gasteiger partial charge in [0.25, 0.3) is 0 Å². The molecule has 2 rings (SSSR count). The molecule has 2 N–H and O–H groups in total. The molecule has 1 atom stereocenters. The Bertz CT molecular complexity index is 784. The van der Waals surface area contributed by atoms with Gasteiger partial charge < -0.3 is 5.73 Å². The summed E-state index contributed by atoms with van der Waals surface area (Å²) in [6.07, 6.45) is 0.709. The minimum absolute atomic E-state index is 0.131. The quantitative estimate of drug-likeness (QED) is 0.778. The van der Waals surface area contributed by atoms with Crippen LogP contribution in [0.2, 0.25) is 5.02 Å². The highest BCUT2D eigenvalue weighted by molar-refractivity contribution is 7.89. The average Bonchev–Trinajstić information content (AvgIpc) is 2.57. The molecule has 2 aromatic carbocycles. The lowest BCUT2D eigenvalue weighted by Gasteiger charge is -2.28. The summed E-state index contributed by atoms with van der Waals surface area (Å²) in [7, 11) is -3.70. The van der Waals surface area contributed by atoms with E-state index in [1.54, 1.807) is 6.92 Å². The van der Waals surface area contributed by atoms with Gasteiger partial charge in [-0.2, -0.15) is 4.31 Å². The smallest absolute Gasteiger partial charge is 0.243 e. The summed E-state index contributed by atoms with van der Waals surface area (Å²) < 4.78 is 27.8. The molecule has 1 unspecified atom stereocenters. The zero-order chi connectivity index (χ0) is 17.9. The fourth-order valence-electron chi connectivity index (χ4n) is 2.40. The van der Waals surface area contributed by atoms with Gasteiger partial charge in [0.15, 0.2) is 0 Å². The molecule has 0 aliphatic carbocycles. The number of nitrogens with zero attached hydrogens (tertiary/aromatic N) is 1. The number of halogens is 1. The van der Waals surface area contributed by atoms with Gasteiger partial charge in [-0.15, -0.1) is 0 Å². The minimum atomic E-state index is -3.70. The molecule has 6 heteroatoms. The highest BCUT2D eigenvalue weighted by atomic mass is 35.5. The van der Waals surface area contributed by atoms with E-state index in [2.05, 4.69) is 0 Å². The van der Waals surface area contributed by atoms with Crippen LogP contribution in [0.3, 0.4) is 0 Å². The molecule has 0 aromatic heterocycles. The fourth-order valence-corrected chi connectivity index (χ4v) is 4.45. The standard InChI is InChI=1S/C18H23ClN2O2S/c1-4-13(2)21(12-15-8-6-5-7-9-15)24(22,23)16-10-17(19)14(3)18(20)11-16/h5-11,13H,4,12,20H2,1-3H3. The molecule has 24 heavy (non-hydrogen) atoms. The van der Waals surface area contributed by atoms with Gasteiger partial charge in [-0.1, -0.05) is 48.9 Å². The van der Waals surface area contributed by atoms with Gasteiger partial charge in [0.2, 0.25) is 10.0 Å². The fraction of sp³-hybridized carbons (Fsp3) is 0.333. The Morgan fingerprint density at radius 1 is 1.21 bits per heavy atom.